The second kappa shape index (κ2) is 9.19. The van der Waals surface area contributed by atoms with Crippen LogP contribution in [0.4, 0.5) is 29.3 Å². The molecule has 0 saturated carbocycles. The van der Waals surface area contributed by atoms with Gasteiger partial charge in [0.05, 0.1) is 53.3 Å². The van der Waals surface area contributed by atoms with Crippen molar-refractivity contribution in [3.8, 4) is 5.82 Å². The third-order valence-electron chi connectivity index (χ3n) is 4.76. The Morgan fingerprint density at radius 2 is 1.88 bits per heavy atom. The molecule has 4 heterocycles. The molecule has 2 N–H and O–H groups in total. The summed E-state index contributed by atoms with van der Waals surface area (Å²) in [5.41, 5.74) is 0.362. The number of carbonyl (C=O) groups excluding carboxylic acids is 1. The number of nitrogens with one attached hydrogen (secondary N) is 2. The van der Waals surface area contributed by atoms with Crippen LogP contribution >= 0.6 is 11.6 Å². The molecule has 34 heavy (non-hydrogen) atoms. The Kier molecular flexibility index (Phi) is 6.30. The number of pyridine rings is 3. The van der Waals surface area contributed by atoms with Crippen LogP contribution in [0.15, 0.2) is 43.0 Å². The van der Waals surface area contributed by atoms with Crippen molar-refractivity contribution >= 4 is 40.0 Å². The molecule has 0 aliphatic rings. The molecule has 176 valence electrons. The number of aromatic nitrogens is 6. The number of amides is 2. The maximum Gasteiger partial charge on any atom is 0.420 e. The third kappa shape index (κ3) is 4.75. The minimum Gasteiger partial charge on any atom is -0.377 e. The van der Waals surface area contributed by atoms with Crippen LogP contribution in [0.3, 0.4) is 0 Å². The quantitative estimate of drug-likeness (QED) is 0.390. The second-order valence-corrected chi connectivity index (χ2v) is 7.34. The average Bonchev–Trinajstić information content (AvgIpc) is 3.32. The SMILES string of the molecule is CO[C@H](C)c1c(NC(=O)Nc2cnc(-n3nccn3)c(C(F)(F)F)c2)cnc2ccc(Cl)nc12. The largest absolute Gasteiger partial charge is 0.420 e. The molecule has 0 aliphatic carbocycles. The molecule has 2 amide bonds. The van der Waals surface area contributed by atoms with E-state index in [0.29, 0.717) is 16.6 Å². The van der Waals surface area contributed by atoms with Crippen molar-refractivity contribution in [2.24, 2.45) is 0 Å². The van der Waals surface area contributed by atoms with Crippen molar-refractivity contribution in [2.45, 2.75) is 19.2 Å². The van der Waals surface area contributed by atoms with Crippen LogP contribution in [-0.4, -0.2) is 43.1 Å². The average molecular weight is 493 g/mol. The predicted octanol–water partition coefficient (Wildman–Crippen LogP) is 4.63. The molecular weight excluding hydrogens is 477 g/mol. The summed E-state index contributed by atoms with van der Waals surface area (Å²) in [4.78, 5) is 25.7. The van der Waals surface area contributed by atoms with Gasteiger partial charge in [-0.25, -0.2) is 14.8 Å². The summed E-state index contributed by atoms with van der Waals surface area (Å²) in [5.74, 6) is -0.527. The maximum absolute atomic E-state index is 13.6. The summed E-state index contributed by atoms with van der Waals surface area (Å²) < 4.78 is 46.2. The minimum absolute atomic E-state index is 0.197. The standard InChI is InChI=1S/C20H16ClF3N8O2/c1-10(34-2)16-14(9-25-13-3-4-15(21)31-17(13)16)30-19(33)29-11-7-12(20(22,23)24)18(26-8-11)32-27-5-6-28-32/h3-10H,1-2H3,(H2,29,30,33)/t10-/m1/s1. The van der Waals surface area contributed by atoms with Gasteiger partial charge in [-0.2, -0.15) is 23.4 Å². The number of hydrogen-bond donors (Lipinski definition) is 2. The Bertz CT molecular complexity index is 1350. The first-order valence-corrected chi connectivity index (χ1v) is 10.0. The van der Waals surface area contributed by atoms with Crippen LogP contribution in [0.25, 0.3) is 16.9 Å². The summed E-state index contributed by atoms with van der Waals surface area (Å²) in [6.07, 6.45) is -0.371. The molecule has 4 rings (SSSR count). The van der Waals surface area contributed by atoms with Gasteiger partial charge in [0.15, 0.2) is 5.82 Å². The molecule has 0 unspecified atom stereocenters. The highest BCUT2D eigenvalue weighted by Crippen LogP contribution is 2.34. The Balaban J connectivity index is 1.64. The zero-order valence-corrected chi connectivity index (χ0v) is 18.4. The number of halogens is 4. The van der Waals surface area contributed by atoms with Gasteiger partial charge in [-0.15, -0.1) is 4.80 Å². The van der Waals surface area contributed by atoms with Crippen LogP contribution in [0, 0.1) is 0 Å². The lowest BCUT2D eigenvalue weighted by Crippen LogP contribution is -2.22. The molecule has 4 aromatic heterocycles. The van der Waals surface area contributed by atoms with Crippen LogP contribution in [-0.2, 0) is 10.9 Å². The Labute approximate surface area is 195 Å². The first-order chi connectivity index (χ1) is 16.2. The van der Waals surface area contributed by atoms with Gasteiger partial charge in [0.25, 0.3) is 0 Å². The van der Waals surface area contributed by atoms with Gasteiger partial charge >= 0.3 is 12.2 Å². The fourth-order valence-corrected chi connectivity index (χ4v) is 3.34. The Hall–Kier alpha value is -3.84. The van der Waals surface area contributed by atoms with Crippen LogP contribution in [0.5, 0.6) is 0 Å². The highest BCUT2D eigenvalue weighted by molar-refractivity contribution is 6.29. The summed E-state index contributed by atoms with van der Waals surface area (Å²) in [7, 11) is 1.48. The number of rotatable bonds is 5. The Morgan fingerprint density at radius 1 is 1.15 bits per heavy atom. The van der Waals surface area contributed by atoms with E-state index in [1.807, 2.05) is 0 Å². The van der Waals surface area contributed by atoms with Crippen LogP contribution < -0.4 is 10.6 Å². The summed E-state index contributed by atoms with van der Waals surface area (Å²) >= 11 is 6.02. The molecule has 0 fully saturated rings. The normalized spacial score (nSPS) is 12.5. The van der Waals surface area contributed by atoms with E-state index in [4.69, 9.17) is 16.3 Å². The number of anilines is 2. The van der Waals surface area contributed by atoms with E-state index in [-0.39, 0.29) is 16.5 Å². The fraction of sp³-hybridized carbons (Fsp3) is 0.200. The molecule has 10 nitrogen and oxygen atoms in total. The van der Waals surface area contributed by atoms with Crippen molar-refractivity contribution in [1.29, 1.82) is 0 Å². The lowest BCUT2D eigenvalue weighted by atomic mass is 10.1. The summed E-state index contributed by atoms with van der Waals surface area (Å²) in [5, 5.41) is 12.5. The maximum atomic E-state index is 13.6. The predicted molar refractivity (Wildman–Crippen MR) is 117 cm³/mol. The first-order valence-electron chi connectivity index (χ1n) is 9.67. The second-order valence-electron chi connectivity index (χ2n) is 6.96. The molecular formula is C20H16ClF3N8O2. The number of ether oxygens (including phenoxy) is 1. The van der Waals surface area contributed by atoms with Gasteiger partial charge in [-0.3, -0.25) is 4.98 Å². The topological polar surface area (TPSA) is 120 Å². The number of nitrogens with zero attached hydrogens (tertiary/aromatic N) is 6. The van der Waals surface area contributed by atoms with E-state index in [1.165, 1.54) is 25.7 Å². The molecule has 14 heteroatoms. The summed E-state index contributed by atoms with van der Waals surface area (Å²) in [6.45, 7) is 1.74. The van der Waals surface area contributed by atoms with Gasteiger partial charge in [0, 0.05) is 12.7 Å². The zero-order chi connectivity index (χ0) is 24.5. The van der Waals surface area contributed by atoms with Crippen molar-refractivity contribution in [1.82, 2.24) is 29.9 Å². The molecule has 0 spiro atoms. The first kappa shape index (κ1) is 23.3. The monoisotopic (exact) mass is 492 g/mol. The summed E-state index contributed by atoms with van der Waals surface area (Å²) in [6, 6.07) is 3.16. The van der Waals surface area contributed by atoms with E-state index in [2.05, 4.69) is 35.8 Å². The smallest absolute Gasteiger partial charge is 0.377 e. The van der Waals surface area contributed by atoms with Crippen molar-refractivity contribution in [3.05, 3.63) is 59.3 Å². The number of urea groups is 1. The van der Waals surface area contributed by atoms with Crippen molar-refractivity contribution in [3.63, 3.8) is 0 Å². The van der Waals surface area contributed by atoms with E-state index >= 15 is 0 Å². The Morgan fingerprint density at radius 3 is 2.56 bits per heavy atom. The van der Waals surface area contributed by atoms with E-state index in [0.717, 1.165) is 17.1 Å². The lowest BCUT2D eigenvalue weighted by Gasteiger charge is -2.18. The zero-order valence-electron chi connectivity index (χ0n) is 17.6. The van der Waals surface area contributed by atoms with Crippen LogP contribution in [0.1, 0.15) is 24.2 Å². The van der Waals surface area contributed by atoms with E-state index in [9.17, 15) is 18.0 Å². The van der Waals surface area contributed by atoms with E-state index < -0.39 is 29.7 Å². The van der Waals surface area contributed by atoms with Gasteiger partial charge in [0.1, 0.15) is 10.7 Å². The van der Waals surface area contributed by atoms with Gasteiger partial charge < -0.3 is 15.4 Å². The molecule has 0 aromatic carbocycles. The van der Waals surface area contributed by atoms with Gasteiger partial charge in [0.2, 0.25) is 0 Å². The molecule has 4 aromatic rings. The van der Waals surface area contributed by atoms with Crippen molar-refractivity contribution in [2.75, 3.05) is 17.7 Å². The lowest BCUT2D eigenvalue weighted by molar-refractivity contribution is -0.137. The number of fused-ring (bicyclic) bond motifs is 1. The fourth-order valence-electron chi connectivity index (χ4n) is 3.19. The van der Waals surface area contributed by atoms with E-state index in [1.54, 1.807) is 19.1 Å². The van der Waals surface area contributed by atoms with Crippen LogP contribution in [0.2, 0.25) is 5.15 Å². The molecule has 1 atom stereocenters. The van der Waals surface area contributed by atoms with Gasteiger partial charge in [-0.05, 0) is 25.1 Å². The number of alkyl halides is 3. The molecule has 0 radical (unpaired) electrons. The molecule has 0 saturated heterocycles. The molecule has 0 bridgehead atoms. The third-order valence-corrected chi connectivity index (χ3v) is 4.97. The highest BCUT2D eigenvalue weighted by atomic mass is 35.5. The number of methoxy groups -OCH3 is 1. The number of carbonyl (C=O) groups is 1. The number of hydrogen-bond acceptors (Lipinski definition) is 7. The van der Waals surface area contributed by atoms with Gasteiger partial charge in [-0.1, -0.05) is 11.6 Å². The minimum atomic E-state index is -4.77. The highest BCUT2D eigenvalue weighted by Gasteiger charge is 2.36. The van der Waals surface area contributed by atoms with Crippen molar-refractivity contribution < 1.29 is 22.7 Å². The molecule has 0 aliphatic heterocycles.